The average Bonchev–Trinajstić information content (AvgIpc) is 3.10. The van der Waals surface area contributed by atoms with Gasteiger partial charge in [0.15, 0.2) is 0 Å². The Morgan fingerprint density at radius 2 is 1.93 bits per heavy atom. The topological polar surface area (TPSA) is 12.0 Å². The maximum absolute atomic E-state index is 3.64. The Morgan fingerprint density at radius 1 is 1.27 bits per heavy atom. The zero-order valence-electron chi connectivity index (χ0n) is 9.79. The second kappa shape index (κ2) is 4.80. The lowest BCUT2D eigenvalue weighted by Gasteiger charge is -2.14. The van der Waals surface area contributed by atoms with E-state index in [1.165, 1.54) is 24.0 Å². The monoisotopic (exact) mass is 203 g/mol. The van der Waals surface area contributed by atoms with Crippen molar-refractivity contribution in [1.82, 2.24) is 5.32 Å². The summed E-state index contributed by atoms with van der Waals surface area (Å²) in [5.74, 6) is 0.943. The van der Waals surface area contributed by atoms with Crippen LogP contribution in [0.4, 0.5) is 0 Å². The Hall–Kier alpha value is -0.820. The molecule has 1 atom stereocenters. The third-order valence-electron chi connectivity index (χ3n) is 3.44. The summed E-state index contributed by atoms with van der Waals surface area (Å²) >= 11 is 0. The number of aryl methyl sites for hydroxylation is 1. The minimum atomic E-state index is 0.690. The minimum Gasteiger partial charge on any atom is -0.310 e. The van der Waals surface area contributed by atoms with Crippen molar-refractivity contribution in [2.45, 2.75) is 45.7 Å². The molecule has 1 N–H and O–H groups in total. The van der Waals surface area contributed by atoms with Crippen LogP contribution in [-0.2, 0) is 13.0 Å². The van der Waals surface area contributed by atoms with E-state index >= 15 is 0 Å². The molecule has 0 bridgehead atoms. The third kappa shape index (κ3) is 2.82. The first-order valence-corrected chi connectivity index (χ1v) is 6.11. The molecule has 0 aromatic heterocycles. The maximum atomic E-state index is 3.64. The van der Waals surface area contributed by atoms with Crippen molar-refractivity contribution in [3.8, 4) is 0 Å². The number of rotatable bonds is 5. The van der Waals surface area contributed by atoms with Crippen LogP contribution in [0.25, 0.3) is 0 Å². The summed E-state index contributed by atoms with van der Waals surface area (Å²) in [6, 6.07) is 9.43. The maximum Gasteiger partial charge on any atom is 0.0210 e. The van der Waals surface area contributed by atoms with Gasteiger partial charge in [-0.1, -0.05) is 31.2 Å². The highest BCUT2D eigenvalue weighted by atomic mass is 14.9. The molecule has 1 saturated carbocycles. The summed E-state index contributed by atoms with van der Waals surface area (Å²) in [5.41, 5.74) is 2.94. The first-order valence-electron chi connectivity index (χ1n) is 6.11. The molecular formula is C14H21N. The lowest BCUT2D eigenvalue weighted by atomic mass is 10.0. The van der Waals surface area contributed by atoms with Gasteiger partial charge in [-0.15, -0.1) is 0 Å². The van der Waals surface area contributed by atoms with E-state index in [2.05, 4.69) is 43.4 Å². The highest BCUT2D eigenvalue weighted by molar-refractivity contribution is 5.26. The molecule has 0 saturated heterocycles. The molecule has 1 aromatic rings. The van der Waals surface area contributed by atoms with Crippen LogP contribution < -0.4 is 5.32 Å². The van der Waals surface area contributed by atoms with Gasteiger partial charge in [0.25, 0.3) is 0 Å². The van der Waals surface area contributed by atoms with Crippen molar-refractivity contribution >= 4 is 0 Å². The first-order chi connectivity index (χ1) is 7.31. The van der Waals surface area contributed by atoms with Crippen molar-refractivity contribution in [2.75, 3.05) is 0 Å². The number of benzene rings is 1. The normalized spacial score (nSPS) is 17.7. The van der Waals surface area contributed by atoms with Crippen molar-refractivity contribution in [3.05, 3.63) is 35.4 Å². The molecule has 1 unspecified atom stereocenters. The van der Waals surface area contributed by atoms with Gasteiger partial charge in [-0.05, 0) is 43.2 Å². The van der Waals surface area contributed by atoms with Gasteiger partial charge < -0.3 is 5.32 Å². The molecule has 1 aromatic carbocycles. The summed E-state index contributed by atoms with van der Waals surface area (Å²) in [6.45, 7) is 5.57. The van der Waals surface area contributed by atoms with E-state index in [-0.39, 0.29) is 0 Å². The van der Waals surface area contributed by atoms with Crippen LogP contribution in [0.15, 0.2) is 24.3 Å². The standard InChI is InChI=1S/C14H21N/c1-3-12-6-4-5-7-14(12)10-15-11(2)13-8-9-13/h4-7,11,13,15H,3,8-10H2,1-2H3. The molecule has 0 spiro atoms. The average molecular weight is 203 g/mol. The van der Waals surface area contributed by atoms with Gasteiger partial charge >= 0.3 is 0 Å². The van der Waals surface area contributed by atoms with Gasteiger partial charge in [0, 0.05) is 12.6 Å². The predicted octanol–water partition coefficient (Wildman–Crippen LogP) is 3.14. The zero-order valence-corrected chi connectivity index (χ0v) is 9.79. The van der Waals surface area contributed by atoms with Gasteiger partial charge in [0.2, 0.25) is 0 Å². The molecule has 0 amide bonds. The fraction of sp³-hybridized carbons (Fsp3) is 0.571. The van der Waals surface area contributed by atoms with Crippen LogP contribution in [0.1, 0.15) is 37.8 Å². The van der Waals surface area contributed by atoms with Crippen LogP contribution in [0.2, 0.25) is 0 Å². The minimum absolute atomic E-state index is 0.690. The van der Waals surface area contributed by atoms with Crippen LogP contribution in [-0.4, -0.2) is 6.04 Å². The van der Waals surface area contributed by atoms with Crippen molar-refractivity contribution in [2.24, 2.45) is 5.92 Å². The van der Waals surface area contributed by atoms with E-state index in [1.54, 1.807) is 0 Å². The molecule has 1 heteroatoms. The highest BCUT2D eigenvalue weighted by Gasteiger charge is 2.27. The van der Waals surface area contributed by atoms with Crippen LogP contribution >= 0.6 is 0 Å². The smallest absolute Gasteiger partial charge is 0.0210 e. The Labute approximate surface area is 92.9 Å². The summed E-state index contributed by atoms with van der Waals surface area (Å²) in [5, 5.41) is 3.64. The Kier molecular flexibility index (Phi) is 3.42. The molecule has 0 heterocycles. The number of hydrogen-bond acceptors (Lipinski definition) is 1. The van der Waals surface area contributed by atoms with Gasteiger partial charge in [0.05, 0.1) is 0 Å². The van der Waals surface area contributed by atoms with Crippen LogP contribution in [0.3, 0.4) is 0 Å². The molecule has 2 rings (SSSR count). The molecule has 1 aliphatic carbocycles. The summed E-state index contributed by atoms with van der Waals surface area (Å²) in [6.07, 6.45) is 3.98. The summed E-state index contributed by atoms with van der Waals surface area (Å²) in [7, 11) is 0. The molecular weight excluding hydrogens is 182 g/mol. The third-order valence-corrected chi connectivity index (χ3v) is 3.44. The number of hydrogen-bond donors (Lipinski definition) is 1. The van der Waals surface area contributed by atoms with Gasteiger partial charge in [-0.2, -0.15) is 0 Å². The molecule has 82 valence electrons. The summed E-state index contributed by atoms with van der Waals surface area (Å²) < 4.78 is 0. The van der Waals surface area contributed by atoms with E-state index < -0.39 is 0 Å². The lowest BCUT2D eigenvalue weighted by molar-refractivity contribution is 0.495. The summed E-state index contributed by atoms with van der Waals surface area (Å²) in [4.78, 5) is 0. The fourth-order valence-electron chi connectivity index (χ4n) is 2.11. The van der Waals surface area contributed by atoms with E-state index in [0.29, 0.717) is 6.04 Å². The Balaban J connectivity index is 1.91. The van der Waals surface area contributed by atoms with E-state index in [9.17, 15) is 0 Å². The quantitative estimate of drug-likeness (QED) is 0.775. The molecule has 0 aliphatic heterocycles. The van der Waals surface area contributed by atoms with Crippen LogP contribution in [0.5, 0.6) is 0 Å². The van der Waals surface area contributed by atoms with Gasteiger partial charge in [-0.3, -0.25) is 0 Å². The van der Waals surface area contributed by atoms with E-state index in [4.69, 9.17) is 0 Å². The lowest BCUT2D eigenvalue weighted by Crippen LogP contribution is -2.27. The zero-order chi connectivity index (χ0) is 10.7. The van der Waals surface area contributed by atoms with Crippen molar-refractivity contribution in [3.63, 3.8) is 0 Å². The first kappa shape index (κ1) is 10.7. The molecule has 15 heavy (non-hydrogen) atoms. The second-order valence-electron chi connectivity index (χ2n) is 4.63. The van der Waals surface area contributed by atoms with Crippen molar-refractivity contribution < 1.29 is 0 Å². The SMILES string of the molecule is CCc1ccccc1CNC(C)C1CC1. The molecule has 1 aliphatic rings. The predicted molar refractivity (Wildman–Crippen MR) is 64.8 cm³/mol. The van der Waals surface area contributed by atoms with Gasteiger partial charge in [0.1, 0.15) is 0 Å². The largest absolute Gasteiger partial charge is 0.310 e. The number of nitrogens with one attached hydrogen (secondary N) is 1. The van der Waals surface area contributed by atoms with E-state index in [0.717, 1.165) is 18.9 Å². The molecule has 1 fully saturated rings. The molecule has 0 radical (unpaired) electrons. The fourth-order valence-corrected chi connectivity index (χ4v) is 2.11. The van der Waals surface area contributed by atoms with Crippen molar-refractivity contribution in [1.29, 1.82) is 0 Å². The van der Waals surface area contributed by atoms with Gasteiger partial charge in [-0.25, -0.2) is 0 Å². The highest BCUT2D eigenvalue weighted by Crippen LogP contribution is 2.32. The van der Waals surface area contributed by atoms with E-state index in [1.807, 2.05) is 0 Å². The van der Waals surface area contributed by atoms with Crippen LogP contribution in [0, 0.1) is 5.92 Å². The second-order valence-corrected chi connectivity index (χ2v) is 4.63. The Morgan fingerprint density at radius 3 is 2.53 bits per heavy atom. The molecule has 1 nitrogen and oxygen atoms in total. The Bertz CT molecular complexity index is 315.